The van der Waals surface area contributed by atoms with E-state index in [1.54, 1.807) is 31.2 Å². The van der Waals surface area contributed by atoms with Crippen LogP contribution in [0.3, 0.4) is 0 Å². The van der Waals surface area contributed by atoms with E-state index < -0.39 is 35.8 Å². The Kier molecular flexibility index (Phi) is 5.74. The number of benzene rings is 1. The van der Waals surface area contributed by atoms with Crippen LogP contribution in [0.25, 0.3) is 0 Å². The van der Waals surface area contributed by atoms with Crippen LogP contribution in [0.15, 0.2) is 47.1 Å². The summed E-state index contributed by atoms with van der Waals surface area (Å²) in [7, 11) is 2.30. The van der Waals surface area contributed by atoms with Crippen LogP contribution in [-0.4, -0.2) is 51.2 Å². The summed E-state index contributed by atoms with van der Waals surface area (Å²) in [5, 5.41) is 0. The molecule has 1 aromatic carbocycles. The Morgan fingerprint density at radius 1 is 1.10 bits per heavy atom. The van der Waals surface area contributed by atoms with Crippen LogP contribution in [0.4, 0.5) is 5.69 Å². The van der Waals surface area contributed by atoms with Gasteiger partial charge in [-0.05, 0) is 19.9 Å². The van der Waals surface area contributed by atoms with Crippen molar-refractivity contribution in [2.24, 2.45) is 5.73 Å². The van der Waals surface area contributed by atoms with Crippen molar-refractivity contribution in [2.75, 3.05) is 32.3 Å². The van der Waals surface area contributed by atoms with Gasteiger partial charge in [0.1, 0.15) is 28.9 Å². The molecule has 10 nitrogen and oxygen atoms in total. The number of methoxy groups -OCH3 is 2. The molecule has 2 aliphatic rings. The molecule has 31 heavy (non-hydrogen) atoms. The second-order valence-electron chi connectivity index (χ2n) is 6.72. The number of hydrogen-bond acceptors (Lipinski definition) is 9. The fourth-order valence-electron chi connectivity index (χ4n) is 3.98. The topological polar surface area (TPSA) is 134 Å². The van der Waals surface area contributed by atoms with E-state index in [2.05, 4.69) is 0 Å². The van der Waals surface area contributed by atoms with Gasteiger partial charge in [-0.25, -0.2) is 9.59 Å². The highest BCUT2D eigenvalue weighted by Crippen LogP contribution is 2.54. The number of carbonyl (C=O) groups excluding carboxylic acids is 4. The quantitative estimate of drug-likeness (QED) is 0.528. The van der Waals surface area contributed by atoms with Crippen LogP contribution in [0.1, 0.15) is 19.4 Å². The van der Waals surface area contributed by atoms with E-state index in [4.69, 9.17) is 24.7 Å². The standard InChI is InChI=1S/C21H22N2O8/c1-5-30-19(26)15-11(2)31-17(22)16(18(25)29-4)21(15)12-8-6-7-9-13(12)23(20(21)27)10-14(24)28-3/h6-9H,5,10,22H2,1-4H3/t21-/m1/s1. The smallest absolute Gasteiger partial charge is 0.340 e. The molecular weight excluding hydrogens is 408 g/mol. The maximum Gasteiger partial charge on any atom is 0.340 e. The molecule has 0 aromatic heterocycles. The third kappa shape index (κ3) is 3.11. The van der Waals surface area contributed by atoms with Gasteiger partial charge in [-0.1, -0.05) is 18.2 Å². The molecule has 2 N–H and O–H groups in total. The minimum atomic E-state index is -2.02. The molecule has 0 saturated carbocycles. The molecule has 2 aliphatic heterocycles. The number of ether oxygens (including phenoxy) is 4. The molecule has 0 radical (unpaired) electrons. The third-order valence-corrected chi connectivity index (χ3v) is 5.16. The summed E-state index contributed by atoms with van der Waals surface area (Å²) < 4.78 is 20.2. The number of amides is 1. The first-order chi connectivity index (χ1) is 14.7. The Balaban J connectivity index is 2.41. The van der Waals surface area contributed by atoms with Crippen LogP contribution in [0.5, 0.6) is 0 Å². The maximum absolute atomic E-state index is 14.0. The van der Waals surface area contributed by atoms with Gasteiger partial charge < -0.3 is 24.7 Å². The van der Waals surface area contributed by atoms with Crippen LogP contribution < -0.4 is 10.6 Å². The number of nitrogens with zero attached hydrogens (tertiary/aromatic N) is 1. The largest absolute Gasteiger partial charge is 0.468 e. The Labute approximate surface area is 178 Å². The highest BCUT2D eigenvalue weighted by atomic mass is 16.5. The van der Waals surface area contributed by atoms with Crippen LogP contribution >= 0.6 is 0 Å². The van der Waals surface area contributed by atoms with Crippen molar-refractivity contribution in [1.29, 1.82) is 0 Å². The molecule has 10 heteroatoms. The molecule has 3 rings (SSSR count). The van der Waals surface area contributed by atoms with Gasteiger partial charge in [0.25, 0.3) is 0 Å². The molecule has 0 saturated heterocycles. The number of esters is 3. The zero-order valence-electron chi connectivity index (χ0n) is 17.5. The van der Waals surface area contributed by atoms with E-state index in [-0.39, 0.29) is 35.0 Å². The molecule has 0 unspecified atom stereocenters. The molecule has 1 amide bonds. The van der Waals surface area contributed by atoms with Crippen molar-refractivity contribution >= 4 is 29.5 Å². The summed E-state index contributed by atoms with van der Waals surface area (Å²) in [5.41, 5.74) is 4.01. The predicted octanol–water partition coefficient (Wildman–Crippen LogP) is 0.655. The molecule has 0 fully saturated rings. The summed E-state index contributed by atoms with van der Waals surface area (Å²) in [5.74, 6) is -3.67. The summed E-state index contributed by atoms with van der Waals surface area (Å²) in [6, 6.07) is 6.44. The molecule has 1 aromatic rings. The minimum Gasteiger partial charge on any atom is -0.468 e. The van der Waals surface area contributed by atoms with Gasteiger partial charge in [-0.15, -0.1) is 0 Å². The molecular formula is C21H22N2O8. The predicted molar refractivity (Wildman–Crippen MR) is 106 cm³/mol. The highest BCUT2D eigenvalue weighted by molar-refractivity contribution is 6.23. The van der Waals surface area contributed by atoms with Gasteiger partial charge in [0.05, 0.1) is 20.8 Å². The van der Waals surface area contributed by atoms with Crippen molar-refractivity contribution in [2.45, 2.75) is 19.3 Å². The number of fused-ring (bicyclic) bond motifs is 2. The van der Waals surface area contributed by atoms with Gasteiger partial charge >= 0.3 is 17.9 Å². The van der Waals surface area contributed by atoms with Gasteiger partial charge in [0.2, 0.25) is 11.8 Å². The first kappa shape index (κ1) is 21.9. The first-order valence-electron chi connectivity index (χ1n) is 9.38. The van der Waals surface area contributed by atoms with Crippen molar-refractivity contribution in [3.05, 3.63) is 52.6 Å². The fourth-order valence-corrected chi connectivity index (χ4v) is 3.98. The zero-order valence-corrected chi connectivity index (χ0v) is 17.5. The number of anilines is 1. The Morgan fingerprint density at radius 3 is 2.39 bits per heavy atom. The van der Waals surface area contributed by atoms with Crippen LogP contribution in [0, 0.1) is 0 Å². The SMILES string of the molecule is CCOC(=O)C1=C(C)OC(N)=C(C(=O)OC)[C@]12C(=O)N(CC(=O)OC)c1ccccc12. The summed E-state index contributed by atoms with van der Waals surface area (Å²) in [4.78, 5) is 53.0. The molecule has 2 heterocycles. The van der Waals surface area contributed by atoms with Gasteiger partial charge in [-0.3, -0.25) is 14.5 Å². The molecule has 164 valence electrons. The van der Waals surface area contributed by atoms with Gasteiger partial charge in [0.15, 0.2) is 0 Å². The first-order valence-corrected chi connectivity index (χ1v) is 9.38. The van der Waals surface area contributed by atoms with E-state index in [1.165, 1.54) is 14.0 Å². The van der Waals surface area contributed by atoms with E-state index in [1.807, 2.05) is 0 Å². The summed E-state index contributed by atoms with van der Waals surface area (Å²) in [6.07, 6.45) is 0. The zero-order chi connectivity index (χ0) is 22.9. The van der Waals surface area contributed by atoms with E-state index in [0.29, 0.717) is 5.69 Å². The lowest BCUT2D eigenvalue weighted by atomic mass is 9.67. The number of nitrogens with two attached hydrogens (primary N) is 1. The van der Waals surface area contributed by atoms with E-state index in [9.17, 15) is 19.2 Å². The van der Waals surface area contributed by atoms with Crippen LogP contribution in [0.2, 0.25) is 0 Å². The molecule has 0 aliphatic carbocycles. The fraction of sp³-hybridized carbons (Fsp3) is 0.333. The average molecular weight is 430 g/mol. The number of allylic oxidation sites excluding steroid dienone is 1. The van der Waals surface area contributed by atoms with Crippen molar-refractivity contribution in [3.63, 3.8) is 0 Å². The number of para-hydroxylation sites is 1. The van der Waals surface area contributed by atoms with Crippen molar-refractivity contribution in [3.8, 4) is 0 Å². The summed E-state index contributed by atoms with van der Waals surface area (Å²) in [6.45, 7) is 2.61. The number of rotatable bonds is 5. The molecule has 1 atom stereocenters. The van der Waals surface area contributed by atoms with E-state index in [0.717, 1.165) is 12.0 Å². The van der Waals surface area contributed by atoms with E-state index >= 15 is 0 Å². The second kappa shape index (κ2) is 8.13. The Bertz CT molecular complexity index is 1040. The van der Waals surface area contributed by atoms with Crippen molar-refractivity contribution < 1.29 is 38.1 Å². The Morgan fingerprint density at radius 2 is 1.77 bits per heavy atom. The maximum atomic E-state index is 14.0. The monoisotopic (exact) mass is 430 g/mol. The third-order valence-electron chi connectivity index (χ3n) is 5.16. The van der Waals surface area contributed by atoms with Crippen LogP contribution in [-0.2, 0) is 43.5 Å². The second-order valence-corrected chi connectivity index (χ2v) is 6.72. The minimum absolute atomic E-state index is 0.00771. The lowest BCUT2D eigenvalue weighted by molar-refractivity contribution is -0.142. The van der Waals surface area contributed by atoms with Gasteiger partial charge in [0, 0.05) is 11.3 Å². The number of hydrogen-bond donors (Lipinski definition) is 1. The lowest BCUT2D eigenvalue weighted by Gasteiger charge is -2.36. The molecule has 0 bridgehead atoms. The van der Waals surface area contributed by atoms with Gasteiger partial charge in [-0.2, -0.15) is 0 Å². The van der Waals surface area contributed by atoms with Crippen molar-refractivity contribution in [1.82, 2.24) is 0 Å². The normalized spacial score (nSPS) is 19.9. The average Bonchev–Trinajstić information content (AvgIpc) is 2.97. The lowest BCUT2D eigenvalue weighted by Crippen LogP contribution is -2.51. The molecule has 1 spiro atoms. The Hall–Kier alpha value is -3.82. The number of carbonyl (C=O) groups is 4. The summed E-state index contributed by atoms with van der Waals surface area (Å²) >= 11 is 0. The highest BCUT2D eigenvalue weighted by Gasteiger charge is 2.64.